The van der Waals surface area contributed by atoms with Gasteiger partial charge in [-0.25, -0.2) is 17.6 Å². The predicted molar refractivity (Wildman–Crippen MR) is 68.7 cm³/mol. The number of rotatable bonds is 2. The Morgan fingerprint density at radius 3 is 2.38 bits per heavy atom. The SMILES string of the molecule is Fc1cc(F)c(F)c(NC2COCc3ccccc32)c1F. The lowest BCUT2D eigenvalue weighted by atomic mass is 9.99. The van der Waals surface area contributed by atoms with E-state index in [-0.39, 0.29) is 12.7 Å². The van der Waals surface area contributed by atoms with Gasteiger partial charge in [-0.2, -0.15) is 0 Å². The zero-order chi connectivity index (χ0) is 15.0. The highest BCUT2D eigenvalue weighted by atomic mass is 19.2. The first-order valence-corrected chi connectivity index (χ1v) is 6.33. The van der Waals surface area contributed by atoms with E-state index in [9.17, 15) is 17.6 Å². The highest BCUT2D eigenvalue weighted by molar-refractivity contribution is 5.50. The monoisotopic (exact) mass is 297 g/mol. The van der Waals surface area contributed by atoms with Crippen LogP contribution in [0.25, 0.3) is 0 Å². The number of fused-ring (bicyclic) bond motifs is 1. The molecule has 1 N–H and O–H groups in total. The van der Waals surface area contributed by atoms with Crippen LogP contribution in [-0.2, 0) is 11.3 Å². The summed E-state index contributed by atoms with van der Waals surface area (Å²) < 4.78 is 59.1. The number of hydrogen-bond donors (Lipinski definition) is 1. The molecule has 110 valence electrons. The van der Waals surface area contributed by atoms with E-state index in [1.807, 2.05) is 12.1 Å². The second kappa shape index (κ2) is 5.37. The molecule has 0 spiro atoms. The van der Waals surface area contributed by atoms with Gasteiger partial charge in [-0.05, 0) is 11.1 Å². The second-order valence-electron chi connectivity index (χ2n) is 4.75. The van der Waals surface area contributed by atoms with E-state index in [1.165, 1.54) is 0 Å². The minimum atomic E-state index is -1.45. The Morgan fingerprint density at radius 1 is 1.00 bits per heavy atom. The van der Waals surface area contributed by atoms with Crippen LogP contribution in [0.1, 0.15) is 17.2 Å². The summed E-state index contributed by atoms with van der Waals surface area (Å²) in [6.07, 6.45) is 0. The van der Waals surface area contributed by atoms with Crippen molar-refractivity contribution in [3.63, 3.8) is 0 Å². The van der Waals surface area contributed by atoms with Crippen LogP contribution >= 0.6 is 0 Å². The standard InChI is InChI=1S/C15H11F4NO/c16-10-5-11(17)14(19)15(13(10)18)20-12-7-21-6-8-3-1-2-4-9(8)12/h1-5,12,20H,6-7H2. The summed E-state index contributed by atoms with van der Waals surface area (Å²) in [5.74, 6) is -5.78. The molecule has 1 aliphatic rings. The first-order valence-electron chi connectivity index (χ1n) is 6.33. The summed E-state index contributed by atoms with van der Waals surface area (Å²) in [5, 5.41) is 2.50. The third-order valence-electron chi connectivity index (χ3n) is 3.40. The topological polar surface area (TPSA) is 21.3 Å². The van der Waals surface area contributed by atoms with Crippen molar-refractivity contribution in [3.8, 4) is 0 Å². The summed E-state index contributed by atoms with van der Waals surface area (Å²) in [6.45, 7) is 0.533. The zero-order valence-electron chi connectivity index (χ0n) is 10.8. The molecule has 6 heteroatoms. The number of nitrogens with one attached hydrogen (secondary N) is 1. The minimum absolute atomic E-state index is 0.147. The van der Waals surface area contributed by atoms with Crippen LogP contribution in [0, 0.1) is 23.3 Å². The molecule has 0 fully saturated rings. The first-order chi connectivity index (χ1) is 10.1. The summed E-state index contributed by atoms with van der Waals surface area (Å²) in [5.41, 5.74) is 0.823. The van der Waals surface area contributed by atoms with Crippen LogP contribution in [0.5, 0.6) is 0 Å². The van der Waals surface area contributed by atoms with E-state index >= 15 is 0 Å². The number of hydrogen-bond acceptors (Lipinski definition) is 2. The Labute approximate surface area is 118 Å². The summed E-state index contributed by atoms with van der Waals surface area (Å²) >= 11 is 0. The quantitative estimate of drug-likeness (QED) is 0.670. The van der Waals surface area contributed by atoms with Gasteiger partial charge in [-0.1, -0.05) is 24.3 Å². The molecule has 0 bridgehead atoms. The molecular weight excluding hydrogens is 286 g/mol. The molecule has 0 aromatic heterocycles. The molecule has 21 heavy (non-hydrogen) atoms. The molecule has 1 unspecified atom stereocenters. The highest BCUT2D eigenvalue weighted by Gasteiger charge is 2.25. The number of benzene rings is 2. The Hall–Kier alpha value is -2.08. The van der Waals surface area contributed by atoms with Gasteiger partial charge in [-0.15, -0.1) is 0 Å². The van der Waals surface area contributed by atoms with Gasteiger partial charge >= 0.3 is 0 Å². The van der Waals surface area contributed by atoms with E-state index in [0.717, 1.165) is 11.1 Å². The Bertz CT molecular complexity index is 663. The van der Waals surface area contributed by atoms with Crippen LogP contribution in [0.4, 0.5) is 23.2 Å². The fourth-order valence-corrected chi connectivity index (χ4v) is 2.38. The molecule has 0 radical (unpaired) electrons. The van der Waals surface area contributed by atoms with Gasteiger partial charge in [0.2, 0.25) is 0 Å². The van der Waals surface area contributed by atoms with Gasteiger partial charge in [0.1, 0.15) is 5.69 Å². The van der Waals surface area contributed by atoms with Crippen molar-refractivity contribution in [1.29, 1.82) is 0 Å². The van der Waals surface area contributed by atoms with Gasteiger partial charge in [0, 0.05) is 6.07 Å². The van der Waals surface area contributed by atoms with Crippen molar-refractivity contribution >= 4 is 5.69 Å². The first kappa shape index (κ1) is 13.9. The average Bonchev–Trinajstić information content (AvgIpc) is 2.50. The molecule has 2 nitrogen and oxygen atoms in total. The van der Waals surface area contributed by atoms with Crippen molar-refractivity contribution in [2.75, 3.05) is 11.9 Å². The van der Waals surface area contributed by atoms with Crippen LogP contribution in [0.15, 0.2) is 30.3 Å². The molecule has 1 aliphatic heterocycles. The summed E-state index contributed by atoms with van der Waals surface area (Å²) in [7, 11) is 0. The molecule has 1 heterocycles. The van der Waals surface area contributed by atoms with E-state index < -0.39 is 35.0 Å². The maximum absolute atomic E-state index is 13.7. The lowest BCUT2D eigenvalue weighted by Gasteiger charge is -2.27. The highest BCUT2D eigenvalue weighted by Crippen LogP contribution is 2.31. The van der Waals surface area contributed by atoms with Gasteiger partial charge in [-0.3, -0.25) is 0 Å². The third-order valence-corrected chi connectivity index (χ3v) is 3.40. The zero-order valence-corrected chi connectivity index (χ0v) is 10.8. The van der Waals surface area contributed by atoms with Gasteiger partial charge in [0.15, 0.2) is 23.3 Å². The molecule has 0 amide bonds. The minimum Gasteiger partial charge on any atom is -0.374 e. The average molecular weight is 297 g/mol. The molecule has 2 aromatic carbocycles. The third kappa shape index (κ3) is 2.47. The lowest BCUT2D eigenvalue weighted by molar-refractivity contribution is 0.0968. The van der Waals surface area contributed by atoms with E-state index in [0.29, 0.717) is 6.61 Å². The molecule has 2 aromatic rings. The van der Waals surface area contributed by atoms with E-state index in [4.69, 9.17) is 4.74 Å². The lowest BCUT2D eigenvalue weighted by Crippen LogP contribution is -2.24. The predicted octanol–water partition coefficient (Wildman–Crippen LogP) is 3.93. The Balaban J connectivity index is 1.99. The van der Waals surface area contributed by atoms with Crippen molar-refractivity contribution in [2.45, 2.75) is 12.6 Å². The van der Waals surface area contributed by atoms with Gasteiger partial charge in [0.25, 0.3) is 0 Å². The number of ether oxygens (including phenoxy) is 1. The maximum Gasteiger partial charge on any atom is 0.185 e. The van der Waals surface area contributed by atoms with Crippen molar-refractivity contribution < 1.29 is 22.3 Å². The van der Waals surface area contributed by atoms with Crippen LogP contribution < -0.4 is 5.32 Å². The normalized spacial score (nSPS) is 17.4. The number of halogens is 4. The molecule has 0 saturated carbocycles. The smallest absolute Gasteiger partial charge is 0.185 e. The van der Waals surface area contributed by atoms with Gasteiger partial charge < -0.3 is 10.1 Å². The molecule has 3 rings (SSSR count). The second-order valence-corrected chi connectivity index (χ2v) is 4.75. The van der Waals surface area contributed by atoms with Gasteiger partial charge in [0.05, 0.1) is 19.3 Å². The van der Waals surface area contributed by atoms with Crippen molar-refractivity contribution in [2.24, 2.45) is 0 Å². The molecule has 0 saturated heterocycles. The fourth-order valence-electron chi connectivity index (χ4n) is 2.38. The van der Waals surface area contributed by atoms with Crippen LogP contribution in [0.3, 0.4) is 0 Å². The molecule has 0 aliphatic carbocycles. The fraction of sp³-hybridized carbons (Fsp3) is 0.200. The number of anilines is 1. The van der Waals surface area contributed by atoms with Crippen molar-refractivity contribution in [1.82, 2.24) is 0 Å². The van der Waals surface area contributed by atoms with Crippen molar-refractivity contribution in [3.05, 3.63) is 64.7 Å². The Morgan fingerprint density at radius 2 is 1.67 bits per heavy atom. The van der Waals surface area contributed by atoms with Crippen LogP contribution in [-0.4, -0.2) is 6.61 Å². The molecular formula is C15H11F4NO. The largest absolute Gasteiger partial charge is 0.374 e. The Kier molecular flexibility index (Phi) is 3.55. The summed E-state index contributed by atoms with van der Waals surface area (Å²) in [4.78, 5) is 0. The molecule has 1 atom stereocenters. The maximum atomic E-state index is 13.7. The summed E-state index contributed by atoms with van der Waals surface area (Å²) in [6, 6.07) is 6.79. The van der Waals surface area contributed by atoms with E-state index in [1.54, 1.807) is 12.1 Å². The van der Waals surface area contributed by atoms with E-state index in [2.05, 4.69) is 5.32 Å². The van der Waals surface area contributed by atoms with Crippen LogP contribution in [0.2, 0.25) is 0 Å².